The van der Waals surface area contributed by atoms with E-state index in [0.29, 0.717) is 5.02 Å². The van der Waals surface area contributed by atoms with Crippen LogP contribution in [0.25, 0.3) is 17.0 Å². The Bertz CT molecular complexity index is 554. The smallest absolute Gasteiger partial charge is 0.146 e. The van der Waals surface area contributed by atoms with Crippen molar-refractivity contribution in [2.24, 2.45) is 0 Å². The third-order valence-corrected chi connectivity index (χ3v) is 2.81. The Labute approximate surface area is 98.9 Å². The van der Waals surface area contributed by atoms with Crippen LogP contribution in [0.5, 0.6) is 0 Å². The Hall–Kier alpha value is -1.54. The lowest BCUT2D eigenvalue weighted by Crippen LogP contribution is -1.81. The van der Waals surface area contributed by atoms with Crippen LogP contribution in [-0.2, 0) is 4.79 Å². The summed E-state index contributed by atoms with van der Waals surface area (Å²) in [6.45, 7) is 1.96. The number of aromatic nitrogens is 1. The van der Waals surface area contributed by atoms with Gasteiger partial charge in [0, 0.05) is 27.7 Å². The van der Waals surface area contributed by atoms with Gasteiger partial charge >= 0.3 is 0 Å². The van der Waals surface area contributed by atoms with Crippen LogP contribution in [0, 0.1) is 0 Å². The summed E-state index contributed by atoms with van der Waals surface area (Å²) in [6.07, 6.45) is 5.43. The summed E-state index contributed by atoms with van der Waals surface area (Å²) in [5.41, 5.74) is 2.80. The molecule has 0 aliphatic heterocycles. The molecule has 0 bridgehead atoms. The number of allylic oxidation sites excluding steroid dienone is 1. The van der Waals surface area contributed by atoms with Crippen molar-refractivity contribution in [3.63, 3.8) is 0 Å². The van der Waals surface area contributed by atoms with Gasteiger partial charge in [-0.15, -0.1) is 0 Å². The first-order chi connectivity index (χ1) is 7.74. The molecule has 0 saturated heterocycles. The average molecular weight is 234 g/mol. The molecule has 0 radical (unpaired) electrons. The fraction of sp³-hybridized carbons (Fsp3) is 0.154. The van der Waals surface area contributed by atoms with Gasteiger partial charge in [0.2, 0.25) is 0 Å². The Kier molecular flexibility index (Phi) is 3.11. The van der Waals surface area contributed by atoms with Gasteiger partial charge in [0.05, 0.1) is 0 Å². The maximum atomic E-state index is 10.8. The summed E-state index contributed by atoms with van der Waals surface area (Å²) >= 11 is 5.90. The number of rotatable bonds is 3. The first kappa shape index (κ1) is 11.0. The van der Waals surface area contributed by atoms with Crippen molar-refractivity contribution in [2.45, 2.75) is 13.3 Å². The fourth-order valence-electron chi connectivity index (χ4n) is 1.66. The van der Waals surface area contributed by atoms with E-state index in [1.54, 1.807) is 0 Å². The highest BCUT2D eigenvalue weighted by molar-refractivity contribution is 6.31. The van der Waals surface area contributed by atoms with E-state index in [9.17, 15) is 4.79 Å². The van der Waals surface area contributed by atoms with Crippen molar-refractivity contribution in [2.75, 3.05) is 0 Å². The maximum absolute atomic E-state index is 10.8. The van der Waals surface area contributed by atoms with Crippen molar-refractivity contribution in [1.82, 2.24) is 4.98 Å². The second kappa shape index (κ2) is 4.54. The number of aromatic amines is 1. The highest BCUT2D eigenvalue weighted by Crippen LogP contribution is 2.23. The average Bonchev–Trinajstić information content (AvgIpc) is 2.68. The normalized spacial score (nSPS) is 12.0. The van der Waals surface area contributed by atoms with E-state index in [0.717, 1.165) is 34.7 Å². The van der Waals surface area contributed by atoms with Crippen molar-refractivity contribution in [1.29, 1.82) is 0 Å². The molecule has 1 aromatic carbocycles. The minimum absolute atomic E-state index is 0.705. The van der Waals surface area contributed by atoms with E-state index in [-0.39, 0.29) is 0 Å². The van der Waals surface area contributed by atoms with Crippen LogP contribution in [0.15, 0.2) is 30.0 Å². The first-order valence-electron chi connectivity index (χ1n) is 5.17. The molecule has 82 valence electrons. The van der Waals surface area contributed by atoms with Crippen LogP contribution in [0.2, 0.25) is 5.02 Å². The van der Waals surface area contributed by atoms with Crippen LogP contribution in [0.3, 0.4) is 0 Å². The van der Waals surface area contributed by atoms with E-state index in [4.69, 9.17) is 11.6 Å². The zero-order valence-corrected chi connectivity index (χ0v) is 9.71. The number of aldehydes is 1. The lowest BCUT2D eigenvalue weighted by molar-refractivity contribution is -0.104. The molecule has 2 nitrogen and oxygen atoms in total. The minimum atomic E-state index is 0.705. The van der Waals surface area contributed by atoms with Gasteiger partial charge in [0.25, 0.3) is 0 Å². The lowest BCUT2D eigenvalue weighted by Gasteiger charge is -1.95. The molecule has 0 fully saturated rings. The molecule has 16 heavy (non-hydrogen) atoms. The molecule has 0 atom stereocenters. The summed E-state index contributed by atoms with van der Waals surface area (Å²) in [6, 6.07) is 5.68. The summed E-state index contributed by atoms with van der Waals surface area (Å²) in [4.78, 5) is 13.9. The molecule has 1 N–H and O–H groups in total. The van der Waals surface area contributed by atoms with Crippen LogP contribution in [0.1, 0.15) is 18.9 Å². The van der Waals surface area contributed by atoms with Gasteiger partial charge in [0.1, 0.15) is 6.29 Å². The van der Waals surface area contributed by atoms with Crippen LogP contribution < -0.4 is 0 Å². The molecule has 0 aliphatic rings. The van der Waals surface area contributed by atoms with Gasteiger partial charge < -0.3 is 4.98 Å². The Morgan fingerprint density at radius 2 is 2.31 bits per heavy atom. The fourth-order valence-corrected chi connectivity index (χ4v) is 1.83. The van der Waals surface area contributed by atoms with Crippen molar-refractivity contribution in [3.8, 4) is 0 Å². The quantitative estimate of drug-likeness (QED) is 0.635. The standard InChI is InChI=1S/C13H12ClNO/c1-2-9(8-16)5-10-7-15-13-6-11(14)3-4-12(10)13/h3-8,15H,2H2,1H3/b9-5-. The summed E-state index contributed by atoms with van der Waals surface area (Å²) in [5, 5.41) is 1.79. The van der Waals surface area contributed by atoms with E-state index in [1.165, 1.54) is 0 Å². The van der Waals surface area contributed by atoms with E-state index in [2.05, 4.69) is 4.98 Å². The molecule has 1 heterocycles. The third-order valence-electron chi connectivity index (χ3n) is 2.58. The zero-order chi connectivity index (χ0) is 11.5. The number of H-pyrrole nitrogens is 1. The predicted octanol–water partition coefficient (Wildman–Crippen LogP) is 3.81. The summed E-state index contributed by atoms with van der Waals surface area (Å²) < 4.78 is 0. The number of hydrogen-bond acceptors (Lipinski definition) is 1. The number of carbonyl (C=O) groups excluding carboxylic acids is 1. The third kappa shape index (κ3) is 2.02. The molecule has 0 amide bonds. The van der Waals surface area contributed by atoms with Gasteiger partial charge in [-0.3, -0.25) is 4.79 Å². The van der Waals surface area contributed by atoms with Crippen molar-refractivity contribution < 1.29 is 4.79 Å². The predicted molar refractivity (Wildman–Crippen MR) is 67.6 cm³/mol. The van der Waals surface area contributed by atoms with Gasteiger partial charge in [-0.25, -0.2) is 0 Å². The molecular weight excluding hydrogens is 222 g/mol. The molecule has 3 heteroatoms. The van der Waals surface area contributed by atoms with Gasteiger partial charge in [0.15, 0.2) is 0 Å². The first-order valence-corrected chi connectivity index (χ1v) is 5.54. The number of benzene rings is 1. The van der Waals surface area contributed by atoms with E-state index < -0.39 is 0 Å². The molecule has 0 saturated carbocycles. The second-order valence-corrected chi connectivity index (χ2v) is 4.06. The number of nitrogens with one attached hydrogen (secondary N) is 1. The van der Waals surface area contributed by atoms with Crippen LogP contribution in [0.4, 0.5) is 0 Å². The molecule has 1 aromatic heterocycles. The molecule has 0 aliphatic carbocycles. The topological polar surface area (TPSA) is 32.9 Å². The van der Waals surface area contributed by atoms with Gasteiger partial charge in [-0.05, 0) is 30.2 Å². The zero-order valence-electron chi connectivity index (χ0n) is 8.96. The number of hydrogen-bond donors (Lipinski definition) is 1. The molecule has 0 unspecified atom stereocenters. The summed E-state index contributed by atoms with van der Waals surface area (Å²) in [7, 11) is 0. The number of fused-ring (bicyclic) bond motifs is 1. The Morgan fingerprint density at radius 1 is 1.50 bits per heavy atom. The monoisotopic (exact) mass is 233 g/mol. The van der Waals surface area contributed by atoms with Gasteiger partial charge in [-0.2, -0.15) is 0 Å². The summed E-state index contributed by atoms with van der Waals surface area (Å²) in [5.74, 6) is 0. The Balaban J connectivity index is 2.54. The molecule has 2 aromatic rings. The van der Waals surface area contributed by atoms with Crippen molar-refractivity contribution in [3.05, 3.63) is 40.6 Å². The number of carbonyl (C=O) groups is 1. The van der Waals surface area contributed by atoms with Crippen LogP contribution >= 0.6 is 11.6 Å². The second-order valence-electron chi connectivity index (χ2n) is 3.62. The molecular formula is C13H12ClNO. The van der Waals surface area contributed by atoms with E-state index in [1.807, 2.05) is 37.4 Å². The largest absolute Gasteiger partial charge is 0.361 e. The SMILES string of the molecule is CC/C(C=O)=C/c1c[nH]c2cc(Cl)ccc12. The number of halogens is 1. The van der Waals surface area contributed by atoms with E-state index >= 15 is 0 Å². The minimum Gasteiger partial charge on any atom is -0.361 e. The van der Waals surface area contributed by atoms with Gasteiger partial charge in [-0.1, -0.05) is 24.6 Å². The maximum Gasteiger partial charge on any atom is 0.146 e. The highest BCUT2D eigenvalue weighted by atomic mass is 35.5. The Morgan fingerprint density at radius 3 is 3.00 bits per heavy atom. The molecule has 0 spiro atoms. The molecule has 2 rings (SSSR count). The van der Waals surface area contributed by atoms with Crippen molar-refractivity contribution >= 4 is 34.9 Å². The highest BCUT2D eigenvalue weighted by Gasteiger charge is 2.02. The van der Waals surface area contributed by atoms with Crippen LogP contribution in [-0.4, -0.2) is 11.3 Å². The lowest BCUT2D eigenvalue weighted by atomic mass is 10.1.